The van der Waals surface area contributed by atoms with Crippen LogP contribution in [0.5, 0.6) is 5.75 Å². The number of H-pyrrole nitrogens is 1. The fourth-order valence-corrected chi connectivity index (χ4v) is 5.61. The second-order valence-electron chi connectivity index (χ2n) is 10.3. The molecule has 0 amide bonds. The van der Waals surface area contributed by atoms with Crippen molar-refractivity contribution in [2.75, 3.05) is 38.2 Å². The summed E-state index contributed by atoms with van der Waals surface area (Å²) in [7, 11) is 1.64. The summed E-state index contributed by atoms with van der Waals surface area (Å²) < 4.78 is 7.27. The zero-order valence-corrected chi connectivity index (χ0v) is 23.0. The van der Waals surface area contributed by atoms with Gasteiger partial charge in [0.15, 0.2) is 5.82 Å². The van der Waals surface area contributed by atoms with E-state index in [1.54, 1.807) is 7.11 Å². The Kier molecular flexibility index (Phi) is 7.04. The quantitative estimate of drug-likeness (QED) is 0.336. The van der Waals surface area contributed by atoms with Gasteiger partial charge in [-0.25, -0.2) is 4.68 Å². The smallest absolute Gasteiger partial charge is 0.253 e. The first-order chi connectivity index (χ1) is 19.5. The molecule has 204 valence electrons. The van der Waals surface area contributed by atoms with Gasteiger partial charge in [-0.3, -0.25) is 9.69 Å². The molecule has 1 aliphatic heterocycles. The number of nitrogens with zero attached hydrogens (tertiary/aromatic N) is 6. The lowest BCUT2D eigenvalue weighted by molar-refractivity contribution is 0.200. The first-order valence-corrected chi connectivity index (χ1v) is 13.6. The van der Waals surface area contributed by atoms with Crippen LogP contribution in [0.3, 0.4) is 0 Å². The number of piperazine rings is 1. The molecular weight excluding hydrogens is 502 g/mol. The van der Waals surface area contributed by atoms with Gasteiger partial charge in [-0.15, -0.1) is 5.10 Å². The van der Waals surface area contributed by atoms with Crippen molar-refractivity contribution in [3.05, 3.63) is 111 Å². The highest BCUT2D eigenvalue weighted by Crippen LogP contribution is 2.31. The Balaban J connectivity index is 1.39. The maximum Gasteiger partial charge on any atom is 0.253 e. The maximum atomic E-state index is 13.6. The van der Waals surface area contributed by atoms with Gasteiger partial charge in [0.25, 0.3) is 5.56 Å². The molecule has 0 bridgehead atoms. The van der Waals surface area contributed by atoms with E-state index >= 15 is 0 Å². The Morgan fingerprint density at radius 1 is 0.950 bits per heavy atom. The average molecular weight is 536 g/mol. The molecule has 6 rings (SSSR count). The van der Waals surface area contributed by atoms with Crippen molar-refractivity contribution in [3.63, 3.8) is 0 Å². The van der Waals surface area contributed by atoms with Gasteiger partial charge >= 0.3 is 0 Å². The van der Waals surface area contributed by atoms with E-state index in [9.17, 15) is 4.79 Å². The standard InChI is InChI=1S/C31H33N7O2/c1-21-8-7-11-28(22(21)2)36-14-16-37(17-15-36)29(30-33-34-35-38(30)20-23-9-5-4-6-10-23)26-19-24-18-25(40-3)12-13-27(24)32-31(26)39/h4-13,18-19,29H,14-17,20H2,1-3H3,(H,32,39)/t29-/m0/s1. The van der Waals surface area contributed by atoms with Gasteiger partial charge in [-0.2, -0.15) is 0 Å². The Bertz CT molecular complexity index is 1690. The molecule has 0 aliphatic carbocycles. The Hall–Kier alpha value is -4.50. The number of aromatic amines is 1. The van der Waals surface area contributed by atoms with Crippen molar-refractivity contribution >= 4 is 16.6 Å². The number of rotatable bonds is 7. The third-order valence-electron chi connectivity index (χ3n) is 7.95. The number of pyridine rings is 1. The van der Waals surface area contributed by atoms with Crippen LogP contribution in [-0.4, -0.2) is 63.4 Å². The normalized spacial score (nSPS) is 14.9. The van der Waals surface area contributed by atoms with Crippen LogP contribution in [0.2, 0.25) is 0 Å². The summed E-state index contributed by atoms with van der Waals surface area (Å²) in [5.41, 5.74) is 6.18. The molecular formula is C31H33N7O2. The molecule has 9 nitrogen and oxygen atoms in total. The Morgan fingerprint density at radius 3 is 2.52 bits per heavy atom. The van der Waals surface area contributed by atoms with Crippen LogP contribution in [0.25, 0.3) is 10.9 Å². The highest BCUT2D eigenvalue weighted by atomic mass is 16.5. The molecule has 1 aliphatic rings. The minimum atomic E-state index is -0.418. The van der Waals surface area contributed by atoms with Crippen LogP contribution in [0.15, 0.2) is 77.6 Å². The van der Waals surface area contributed by atoms with Crippen LogP contribution in [-0.2, 0) is 6.54 Å². The fourth-order valence-electron chi connectivity index (χ4n) is 5.61. The molecule has 1 N–H and O–H groups in total. The van der Waals surface area contributed by atoms with Crippen molar-refractivity contribution in [2.45, 2.75) is 26.4 Å². The number of hydrogen-bond acceptors (Lipinski definition) is 7. The van der Waals surface area contributed by atoms with Crippen LogP contribution >= 0.6 is 0 Å². The van der Waals surface area contributed by atoms with Gasteiger partial charge in [0.05, 0.1) is 13.7 Å². The molecule has 40 heavy (non-hydrogen) atoms. The first-order valence-electron chi connectivity index (χ1n) is 13.6. The molecule has 1 fully saturated rings. The van der Waals surface area contributed by atoms with Crippen molar-refractivity contribution < 1.29 is 4.74 Å². The minimum Gasteiger partial charge on any atom is -0.497 e. The number of benzene rings is 3. The summed E-state index contributed by atoms with van der Waals surface area (Å²) in [5.74, 6) is 1.38. The molecule has 0 spiro atoms. The maximum absolute atomic E-state index is 13.6. The number of aromatic nitrogens is 5. The number of nitrogens with one attached hydrogen (secondary N) is 1. The number of fused-ring (bicyclic) bond motifs is 1. The number of aryl methyl sites for hydroxylation is 1. The Labute approximate surface area is 233 Å². The molecule has 3 aromatic carbocycles. The summed E-state index contributed by atoms with van der Waals surface area (Å²) in [4.78, 5) is 21.4. The van der Waals surface area contributed by atoms with E-state index < -0.39 is 6.04 Å². The molecule has 5 aromatic rings. The van der Waals surface area contributed by atoms with E-state index in [-0.39, 0.29) is 5.56 Å². The SMILES string of the molecule is COc1ccc2[nH]c(=O)c([C@@H](c3nnnn3Cc3ccccc3)N3CCN(c4cccc(C)c4C)CC3)cc2c1. The lowest BCUT2D eigenvalue weighted by Gasteiger charge is -2.40. The topological polar surface area (TPSA) is 92.2 Å². The highest BCUT2D eigenvalue weighted by molar-refractivity contribution is 5.80. The summed E-state index contributed by atoms with van der Waals surface area (Å²) in [6.45, 7) is 8.03. The molecule has 0 radical (unpaired) electrons. The van der Waals surface area contributed by atoms with Crippen LogP contribution < -0.4 is 15.2 Å². The predicted octanol–water partition coefficient (Wildman–Crippen LogP) is 4.10. The highest BCUT2D eigenvalue weighted by Gasteiger charge is 2.33. The van der Waals surface area contributed by atoms with Gasteiger partial charge in [0.2, 0.25) is 0 Å². The van der Waals surface area contributed by atoms with Gasteiger partial charge in [0.1, 0.15) is 11.8 Å². The van der Waals surface area contributed by atoms with E-state index in [2.05, 4.69) is 74.5 Å². The van der Waals surface area contributed by atoms with Crippen molar-refractivity contribution in [2.24, 2.45) is 0 Å². The lowest BCUT2D eigenvalue weighted by atomic mass is 10.0. The van der Waals surface area contributed by atoms with Crippen molar-refractivity contribution in [3.8, 4) is 5.75 Å². The minimum absolute atomic E-state index is 0.145. The van der Waals surface area contributed by atoms with Gasteiger partial charge < -0.3 is 14.6 Å². The number of methoxy groups -OCH3 is 1. The molecule has 0 saturated carbocycles. The zero-order valence-electron chi connectivity index (χ0n) is 23.0. The van der Waals surface area contributed by atoms with E-state index in [1.807, 2.05) is 47.1 Å². The molecule has 3 heterocycles. The zero-order chi connectivity index (χ0) is 27.6. The first kappa shape index (κ1) is 25.8. The van der Waals surface area contributed by atoms with E-state index in [0.717, 1.165) is 48.4 Å². The fraction of sp³-hybridized carbons (Fsp3) is 0.290. The van der Waals surface area contributed by atoms with Crippen LogP contribution in [0.1, 0.15) is 34.1 Å². The number of ether oxygens (including phenoxy) is 1. The van der Waals surface area contributed by atoms with Gasteiger partial charge in [0, 0.05) is 48.3 Å². The monoisotopic (exact) mass is 535 g/mol. The predicted molar refractivity (Wildman–Crippen MR) is 156 cm³/mol. The van der Waals surface area contributed by atoms with Gasteiger partial charge in [-0.1, -0.05) is 42.5 Å². The number of anilines is 1. The van der Waals surface area contributed by atoms with E-state index in [4.69, 9.17) is 4.74 Å². The molecule has 1 atom stereocenters. The van der Waals surface area contributed by atoms with E-state index in [0.29, 0.717) is 17.9 Å². The molecule has 2 aromatic heterocycles. The second kappa shape index (κ2) is 10.9. The van der Waals surface area contributed by atoms with Crippen LogP contribution in [0.4, 0.5) is 5.69 Å². The largest absolute Gasteiger partial charge is 0.497 e. The lowest BCUT2D eigenvalue weighted by Crippen LogP contribution is -2.49. The summed E-state index contributed by atoms with van der Waals surface area (Å²) in [6.07, 6.45) is 0. The summed E-state index contributed by atoms with van der Waals surface area (Å²) in [5, 5.41) is 13.8. The van der Waals surface area contributed by atoms with E-state index in [1.165, 1.54) is 16.8 Å². The van der Waals surface area contributed by atoms with Gasteiger partial charge in [-0.05, 0) is 71.3 Å². The third kappa shape index (κ3) is 4.96. The molecule has 1 saturated heterocycles. The molecule has 0 unspecified atom stereocenters. The van der Waals surface area contributed by atoms with Crippen molar-refractivity contribution in [1.29, 1.82) is 0 Å². The molecule has 9 heteroatoms. The summed E-state index contributed by atoms with van der Waals surface area (Å²) >= 11 is 0. The van der Waals surface area contributed by atoms with Crippen LogP contribution in [0, 0.1) is 13.8 Å². The number of hydrogen-bond donors (Lipinski definition) is 1. The third-order valence-corrected chi connectivity index (χ3v) is 7.95. The average Bonchev–Trinajstić information content (AvgIpc) is 3.43. The van der Waals surface area contributed by atoms with Crippen molar-refractivity contribution in [1.82, 2.24) is 30.1 Å². The number of tetrazole rings is 1. The Morgan fingerprint density at radius 2 is 1.75 bits per heavy atom. The second-order valence-corrected chi connectivity index (χ2v) is 10.3. The summed E-state index contributed by atoms with van der Waals surface area (Å²) in [6, 6.07) is 23.8.